The van der Waals surface area contributed by atoms with Crippen LogP contribution >= 0.6 is 0 Å². The van der Waals surface area contributed by atoms with E-state index >= 15 is 0 Å². The van der Waals surface area contributed by atoms with Crippen molar-refractivity contribution < 1.29 is 0 Å². The third-order valence-corrected chi connectivity index (χ3v) is 1.55. The van der Waals surface area contributed by atoms with Gasteiger partial charge in [0, 0.05) is 5.69 Å². The Bertz CT molecular complexity index is 231. The lowest BCUT2D eigenvalue weighted by Crippen LogP contribution is -1.95. The highest BCUT2D eigenvalue weighted by atomic mass is 14.7. The number of hydrogen-bond acceptors (Lipinski definition) is 2. The number of nitrogens with zero attached hydrogens (tertiary/aromatic N) is 1. The maximum atomic E-state index is 5.58. The minimum Gasteiger partial charge on any atom is -0.397 e. The molecule has 0 saturated carbocycles. The van der Waals surface area contributed by atoms with Crippen molar-refractivity contribution >= 4 is 5.69 Å². The molecular weight excluding hydrogens is 124 g/mol. The van der Waals surface area contributed by atoms with Crippen LogP contribution in [0.2, 0.25) is 0 Å². The molecule has 2 N–H and O–H groups in total. The molecule has 0 aromatic carbocycles. The zero-order valence-electron chi connectivity index (χ0n) is 6.39. The topological polar surface area (TPSA) is 38.9 Å². The Balaban J connectivity index is 3.04. The third-order valence-electron chi connectivity index (χ3n) is 1.55. The van der Waals surface area contributed by atoms with Crippen LogP contribution in [0.15, 0.2) is 12.1 Å². The summed E-state index contributed by atoms with van der Waals surface area (Å²) in [5, 5.41) is 0. The van der Waals surface area contributed by atoms with Crippen LogP contribution in [0.5, 0.6) is 0 Å². The summed E-state index contributed by atoms with van der Waals surface area (Å²) in [5.41, 5.74) is 8.39. The lowest BCUT2D eigenvalue weighted by molar-refractivity contribution is 1.01. The fourth-order valence-electron chi connectivity index (χ4n) is 0.821. The van der Waals surface area contributed by atoms with Gasteiger partial charge in [-0.25, -0.2) is 0 Å². The first-order chi connectivity index (χ1) is 4.74. The number of anilines is 1. The average molecular weight is 136 g/mol. The predicted octanol–water partition coefficient (Wildman–Crippen LogP) is 1.53. The zero-order chi connectivity index (χ0) is 7.56. The Kier molecular flexibility index (Phi) is 1.90. The van der Waals surface area contributed by atoms with Crippen molar-refractivity contribution in [1.82, 2.24) is 4.98 Å². The van der Waals surface area contributed by atoms with Crippen molar-refractivity contribution in [1.29, 1.82) is 0 Å². The molecule has 1 rings (SSSR count). The van der Waals surface area contributed by atoms with E-state index < -0.39 is 0 Å². The smallest absolute Gasteiger partial charge is 0.0604 e. The molecule has 0 aliphatic carbocycles. The average Bonchev–Trinajstić information content (AvgIpc) is 1.95. The maximum Gasteiger partial charge on any atom is 0.0604 e. The minimum absolute atomic E-state index is 0.775. The largest absolute Gasteiger partial charge is 0.397 e. The van der Waals surface area contributed by atoms with Gasteiger partial charge in [0.15, 0.2) is 0 Å². The monoisotopic (exact) mass is 136 g/mol. The minimum atomic E-state index is 0.775. The molecule has 0 spiro atoms. The van der Waals surface area contributed by atoms with Gasteiger partial charge in [0.1, 0.15) is 0 Å². The first-order valence-corrected chi connectivity index (χ1v) is 3.46. The number of nitrogens with two attached hydrogens (primary N) is 1. The molecule has 0 saturated heterocycles. The Morgan fingerprint density at radius 2 is 2.20 bits per heavy atom. The lowest BCUT2D eigenvalue weighted by Gasteiger charge is -2.00. The highest BCUT2D eigenvalue weighted by Gasteiger charge is 1.94. The lowest BCUT2D eigenvalue weighted by atomic mass is 10.2. The second kappa shape index (κ2) is 2.69. The van der Waals surface area contributed by atoms with Gasteiger partial charge < -0.3 is 5.73 Å². The van der Waals surface area contributed by atoms with E-state index in [0.29, 0.717) is 0 Å². The van der Waals surface area contributed by atoms with Gasteiger partial charge in [-0.1, -0.05) is 6.92 Å². The van der Waals surface area contributed by atoms with Gasteiger partial charge in [-0.3, -0.25) is 4.98 Å². The zero-order valence-corrected chi connectivity index (χ0v) is 6.39. The van der Waals surface area contributed by atoms with Crippen molar-refractivity contribution in [2.75, 3.05) is 5.73 Å². The molecule has 0 aliphatic heterocycles. The molecule has 10 heavy (non-hydrogen) atoms. The van der Waals surface area contributed by atoms with Gasteiger partial charge >= 0.3 is 0 Å². The van der Waals surface area contributed by atoms with E-state index in [2.05, 4.69) is 11.9 Å². The van der Waals surface area contributed by atoms with Gasteiger partial charge in [0.05, 0.1) is 11.4 Å². The summed E-state index contributed by atoms with van der Waals surface area (Å²) < 4.78 is 0. The quantitative estimate of drug-likeness (QED) is 0.636. The SMILES string of the molecule is CCc1ccc(N)c(C)n1. The number of aryl methyl sites for hydroxylation is 2. The van der Waals surface area contributed by atoms with Crippen LogP contribution in [0.1, 0.15) is 18.3 Å². The Hall–Kier alpha value is -1.05. The van der Waals surface area contributed by atoms with Crippen molar-refractivity contribution in [3.8, 4) is 0 Å². The molecule has 2 nitrogen and oxygen atoms in total. The molecule has 1 aromatic heterocycles. The van der Waals surface area contributed by atoms with Crippen molar-refractivity contribution in [2.24, 2.45) is 0 Å². The van der Waals surface area contributed by atoms with Crippen LogP contribution in [0.25, 0.3) is 0 Å². The molecule has 54 valence electrons. The number of hydrogen-bond donors (Lipinski definition) is 1. The van der Waals surface area contributed by atoms with Crippen molar-refractivity contribution in [3.05, 3.63) is 23.5 Å². The second-order valence-electron chi connectivity index (χ2n) is 2.33. The van der Waals surface area contributed by atoms with Crippen LogP contribution in [-0.2, 0) is 6.42 Å². The maximum absolute atomic E-state index is 5.58. The first-order valence-electron chi connectivity index (χ1n) is 3.46. The number of nitrogen functional groups attached to an aromatic ring is 1. The van der Waals surface area contributed by atoms with Crippen molar-refractivity contribution in [2.45, 2.75) is 20.3 Å². The van der Waals surface area contributed by atoms with E-state index in [9.17, 15) is 0 Å². The summed E-state index contributed by atoms with van der Waals surface area (Å²) in [6.07, 6.45) is 0.973. The summed E-state index contributed by atoms with van der Waals surface area (Å²) >= 11 is 0. The highest BCUT2D eigenvalue weighted by molar-refractivity contribution is 5.42. The standard InChI is InChI=1S/C8H12N2/c1-3-7-4-5-8(9)6(2)10-7/h4-5H,3,9H2,1-2H3. The molecule has 0 aliphatic rings. The third kappa shape index (κ3) is 1.26. The summed E-state index contributed by atoms with van der Waals surface area (Å²) in [7, 11) is 0. The molecular formula is C8H12N2. The fourth-order valence-corrected chi connectivity index (χ4v) is 0.821. The Morgan fingerprint density at radius 3 is 2.70 bits per heavy atom. The summed E-state index contributed by atoms with van der Waals surface area (Å²) in [6.45, 7) is 4.01. The number of pyridine rings is 1. The highest BCUT2D eigenvalue weighted by Crippen LogP contribution is 2.07. The fraction of sp³-hybridized carbons (Fsp3) is 0.375. The van der Waals surface area contributed by atoms with Crippen LogP contribution in [0.4, 0.5) is 5.69 Å². The molecule has 2 heteroatoms. The van der Waals surface area contributed by atoms with Gasteiger partial charge in [-0.2, -0.15) is 0 Å². The second-order valence-corrected chi connectivity index (χ2v) is 2.33. The predicted molar refractivity (Wildman–Crippen MR) is 42.8 cm³/mol. The van der Waals surface area contributed by atoms with E-state index in [1.165, 1.54) is 0 Å². The Morgan fingerprint density at radius 1 is 1.50 bits per heavy atom. The van der Waals surface area contributed by atoms with Gasteiger partial charge in [0.2, 0.25) is 0 Å². The van der Waals surface area contributed by atoms with Gasteiger partial charge in [0.25, 0.3) is 0 Å². The Labute approximate surface area is 61.1 Å². The number of aromatic nitrogens is 1. The normalized spacial score (nSPS) is 9.80. The first kappa shape index (κ1) is 7.06. The molecule has 1 aromatic rings. The molecule has 0 bridgehead atoms. The van der Waals surface area contributed by atoms with Crippen LogP contribution in [-0.4, -0.2) is 4.98 Å². The summed E-state index contributed by atoms with van der Waals surface area (Å²) in [4.78, 5) is 4.27. The van der Waals surface area contributed by atoms with Crippen LogP contribution in [0.3, 0.4) is 0 Å². The van der Waals surface area contributed by atoms with E-state index in [1.54, 1.807) is 0 Å². The molecule has 0 unspecified atom stereocenters. The van der Waals surface area contributed by atoms with Crippen LogP contribution < -0.4 is 5.73 Å². The molecule has 0 fully saturated rings. The molecule has 0 amide bonds. The van der Waals surface area contributed by atoms with E-state index in [-0.39, 0.29) is 0 Å². The van der Waals surface area contributed by atoms with Crippen molar-refractivity contribution in [3.63, 3.8) is 0 Å². The van der Waals surface area contributed by atoms with Gasteiger partial charge in [-0.05, 0) is 25.5 Å². The molecule has 0 radical (unpaired) electrons. The van der Waals surface area contributed by atoms with Gasteiger partial charge in [-0.15, -0.1) is 0 Å². The molecule has 1 heterocycles. The summed E-state index contributed by atoms with van der Waals surface area (Å²) in [5.74, 6) is 0. The van der Waals surface area contributed by atoms with E-state index in [4.69, 9.17) is 5.73 Å². The molecule has 0 atom stereocenters. The summed E-state index contributed by atoms with van der Waals surface area (Å²) in [6, 6.07) is 3.86. The van der Waals surface area contributed by atoms with Crippen LogP contribution in [0, 0.1) is 6.92 Å². The number of rotatable bonds is 1. The van der Waals surface area contributed by atoms with E-state index in [0.717, 1.165) is 23.5 Å². The van der Waals surface area contributed by atoms with E-state index in [1.807, 2.05) is 19.1 Å².